The van der Waals surface area contributed by atoms with E-state index in [1.54, 1.807) is 0 Å². The molecule has 0 saturated heterocycles. The maximum absolute atomic E-state index is 9.16. The third kappa shape index (κ3) is 4.96. The molecule has 3 nitrogen and oxygen atoms in total. The fraction of sp³-hybridized carbons (Fsp3) is 1.00. The molecule has 90 valence electrons. The topological polar surface area (TPSA) is 52.5 Å². The van der Waals surface area contributed by atoms with Gasteiger partial charge in [-0.2, -0.15) is 0 Å². The Bertz CT molecular complexity index is 172. The zero-order chi connectivity index (χ0) is 11.3. The van der Waals surface area contributed by atoms with Crippen molar-refractivity contribution in [2.45, 2.75) is 45.6 Å². The molecule has 0 aromatic rings. The Kier molecular flexibility index (Phi) is 5.03. The van der Waals surface area contributed by atoms with E-state index in [0.29, 0.717) is 12.0 Å². The second kappa shape index (κ2) is 5.83. The molecule has 0 spiro atoms. The van der Waals surface area contributed by atoms with Gasteiger partial charge in [0, 0.05) is 6.54 Å². The van der Waals surface area contributed by atoms with Gasteiger partial charge in [-0.25, -0.2) is 0 Å². The molecule has 0 radical (unpaired) electrons. The van der Waals surface area contributed by atoms with Crippen molar-refractivity contribution < 1.29 is 10.2 Å². The predicted octanol–water partition coefficient (Wildman–Crippen LogP) is 1.15. The first-order valence-corrected chi connectivity index (χ1v) is 6.03. The molecule has 3 heteroatoms. The number of hydrogen-bond donors (Lipinski definition) is 3. The monoisotopic (exact) mass is 215 g/mol. The molecule has 1 aliphatic rings. The second-order valence-corrected chi connectivity index (χ2v) is 5.60. The van der Waals surface area contributed by atoms with E-state index in [4.69, 9.17) is 10.2 Å². The van der Waals surface area contributed by atoms with Gasteiger partial charge in [0.15, 0.2) is 0 Å². The highest BCUT2D eigenvalue weighted by molar-refractivity contribution is 4.79. The summed E-state index contributed by atoms with van der Waals surface area (Å²) in [4.78, 5) is 0. The molecule has 1 rings (SSSR count). The molecule has 1 atom stereocenters. The number of nitrogens with one attached hydrogen (secondary N) is 1. The van der Waals surface area contributed by atoms with Crippen LogP contribution in [0.25, 0.3) is 0 Å². The van der Waals surface area contributed by atoms with Crippen LogP contribution in [-0.4, -0.2) is 36.0 Å². The van der Waals surface area contributed by atoms with Gasteiger partial charge in [-0.1, -0.05) is 13.8 Å². The molecule has 0 amide bonds. The SMILES string of the molecule is CC1(C)CCC(CNCC(O)CO)CC1. The second-order valence-electron chi connectivity index (χ2n) is 5.60. The van der Waals surface area contributed by atoms with Crippen molar-refractivity contribution in [1.29, 1.82) is 0 Å². The van der Waals surface area contributed by atoms with Crippen molar-refractivity contribution in [2.24, 2.45) is 11.3 Å². The molecule has 0 aromatic carbocycles. The summed E-state index contributed by atoms with van der Waals surface area (Å²) in [7, 11) is 0. The van der Waals surface area contributed by atoms with Crippen molar-refractivity contribution in [2.75, 3.05) is 19.7 Å². The van der Waals surface area contributed by atoms with E-state index in [9.17, 15) is 0 Å². The Morgan fingerprint density at radius 1 is 1.33 bits per heavy atom. The van der Waals surface area contributed by atoms with E-state index in [1.165, 1.54) is 25.7 Å². The van der Waals surface area contributed by atoms with E-state index < -0.39 is 6.10 Å². The number of aliphatic hydroxyl groups is 2. The normalized spacial score (nSPS) is 24.0. The third-order valence-corrected chi connectivity index (χ3v) is 3.48. The van der Waals surface area contributed by atoms with E-state index >= 15 is 0 Å². The maximum Gasteiger partial charge on any atom is 0.0894 e. The van der Waals surface area contributed by atoms with Gasteiger partial charge in [-0.15, -0.1) is 0 Å². The van der Waals surface area contributed by atoms with Crippen LogP contribution in [0.2, 0.25) is 0 Å². The molecule has 15 heavy (non-hydrogen) atoms. The van der Waals surface area contributed by atoms with Crippen LogP contribution in [0.3, 0.4) is 0 Å². The van der Waals surface area contributed by atoms with Crippen molar-refractivity contribution in [3.05, 3.63) is 0 Å². The lowest BCUT2D eigenvalue weighted by Crippen LogP contribution is -2.34. The summed E-state index contributed by atoms with van der Waals surface area (Å²) in [5.74, 6) is 0.754. The van der Waals surface area contributed by atoms with Crippen LogP contribution in [-0.2, 0) is 0 Å². The van der Waals surface area contributed by atoms with Crippen LogP contribution >= 0.6 is 0 Å². The van der Waals surface area contributed by atoms with E-state index in [1.807, 2.05) is 0 Å². The van der Waals surface area contributed by atoms with Gasteiger partial charge in [0.05, 0.1) is 12.7 Å². The summed E-state index contributed by atoms with van der Waals surface area (Å²) < 4.78 is 0. The van der Waals surface area contributed by atoms with Crippen LogP contribution in [0.15, 0.2) is 0 Å². The van der Waals surface area contributed by atoms with Crippen molar-refractivity contribution in [3.63, 3.8) is 0 Å². The fourth-order valence-corrected chi connectivity index (χ4v) is 2.18. The van der Waals surface area contributed by atoms with Crippen LogP contribution < -0.4 is 5.32 Å². The molecular formula is C12H25NO2. The molecule has 1 unspecified atom stereocenters. The highest BCUT2D eigenvalue weighted by Crippen LogP contribution is 2.37. The molecule has 3 N–H and O–H groups in total. The first-order chi connectivity index (χ1) is 7.03. The minimum atomic E-state index is -0.606. The predicted molar refractivity (Wildman–Crippen MR) is 61.7 cm³/mol. The summed E-state index contributed by atoms with van der Waals surface area (Å²) in [6, 6.07) is 0. The summed E-state index contributed by atoms with van der Waals surface area (Å²) >= 11 is 0. The quantitative estimate of drug-likeness (QED) is 0.645. The van der Waals surface area contributed by atoms with Crippen LogP contribution in [0.5, 0.6) is 0 Å². The van der Waals surface area contributed by atoms with E-state index in [-0.39, 0.29) is 6.61 Å². The summed E-state index contributed by atoms with van der Waals surface area (Å²) in [5, 5.41) is 21.0. The van der Waals surface area contributed by atoms with Crippen molar-refractivity contribution in [3.8, 4) is 0 Å². The molecule has 1 aliphatic carbocycles. The summed E-state index contributed by atoms with van der Waals surface area (Å²) in [5.41, 5.74) is 0.529. The van der Waals surface area contributed by atoms with Gasteiger partial charge in [0.1, 0.15) is 0 Å². The Balaban J connectivity index is 2.09. The Morgan fingerprint density at radius 2 is 1.93 bits per heavy atom. The highest BCUT2D eigenvalue weighted by atomic mass is 16.3. The Labute approximate surface area is 92.9 Å². The van der Waals surface area contributed by atoms with E-state index in [2.05, 4.69) is 19.2 Å². The average molecular weight is 215 g/mol. The number of hydrogen-bond acceptors (Lipinski definition) is 3. The molecule has 0 heterocycles. The van der Waals surface area contributed by atoms with E-state index in [0.717, 1.165) is 12.5 Å². The zero-order valence-corrected chi connectivity index (χ0v) is 10.00. The largest absolute Gasteiger partial charge is 0.394 e. The lowest BCUT2D eigenvalue weighted by Gasteiger charge is -2.34. The first kappa shape index (κ1) is 12.9. The molecular weight excluding hydrogens is 190 g/mol. The molecule has 1 fully saturated rings. The Hall–Kier alpha value is -0.120. The third-order valence-electron chi connectivity index (χ3n) is 3.48. The van der Waals surface area contributed by atoms with Gasteiger partial charge in [-0.05, 0) is 43.6 Å². The smallest absolute Gasteiger partial charge is 0.0894 e. The van der Waals surface area contributed by atoms with Crippen LogP contribution in [0.4, 0.5) is 0 Å². The standard InChI is InChI=1S/C12H25NO2/c1-12(2)5-3-10(4-6-12)7-13-8-11(15)9-14/h10-11,13-15H,3-9H2,1-2H3. The highest BCUT2D eigenvalue weighted by Gasteiger charge is 2.26. The van der Waals surface area contributed by atoms with Gasteiger partial charge >= 0.3 is 0 Å². The summed E-state index contributed by atoms with van der Waals surface area (Å²) in [6.07, 6.45) is 4.58. The lowest BCUT2D eigenvalue weighted by molar-refractivity contribution is 0.0918. The lowest BCUT2D eigenvalue weighted by atomic mass is 9.73. The maximum atomic E-state index is 9.16. The van der Waals surface area contributed by atoms with Gasteiger partial charge in [0.25, 0.3) is 0 Å². The van der Waals surface area contributed by atoms with Crippen LogP contribution in [0, 0.1) is 11.3 Å². The van der Waals surface area contributed by atoms with Gasteiger partial charge in [-0.3, -0.25) is 0 Å². The molecule has 1 saturated carbocycles. The van der Waals surface area contributed by atoms with Gasteiger partial charge < -0.3 is 15.5 Å². The molecule has 0 bridgehead atoms. The van der Waals surface area contributed by atoms with Crippen molar-refractivity contribution in [1.82, 2.24) is 5.32 Å². The average Bonchev–Trinajstić information content (AvgIpc) is 2.20. The first-order valence-electron chi connectivity index (χ1n) is 6.03. The zero-order valence-electron chi connectivity index (χ0n) is 10.00. The van der Waals surface area contributed by atoms with Gasteiger partial charge in [0.2, 0.25) is 0 Å². The van der Waals surface area contributed by atoms with Crippen molar-refractivity contribution >= 4 is 0 Å². The molecule has 0 aliphatic heterocycles. The van der Waals surface area contributed by atoms with Crippen LogP contribution in [0.1, 0.15) is 39.5 Å². The molecule has 0 aromatic heterocycles. The summed E-state index contributed by atoms with van der Waals surface area (Å²) in [6.45, 7) is 6.02. The minimum absolute atomic E-state index is 0.148. The fourth-order valence-electron chi connectivity index (χ4n) is 2.18. The Morgan fingerprint density at radius 3 is 2.47 bits per heavy atom. The number of aliphatic hydroxyl groups excluding tert-OH is 2. The number of rotatable bonds is 5. The minimum Gasteiger partial charge on any atom is -0.394 e.